The molecular formula is C61H41N. The Hall–Kier alpha value is -8.00. The summed E-state index contributed by atoms with van der Waals surface area (Å²) in [7, 11) is 0. The van der Waals surface area contributed by atoms with Crippen molar-refractivity contribution >= 4 is 49.4 Å². The van der Waals surface area contributed by atoms with Gasteiger partial charge in [0, 0.05) is 16.8 Å². The maximum Gasteiger partial charge on any atom is 0.0713 e. The number of anilines is 3. The molecule has 0 N–H and O–H groups in total. The van der Waals surface area contributed by atoms with E-state index in [0.29, 0.717) is 0 Å². The van der Waals surface area contributed by atoms with Crippen molar-refractivity contribution in [1.82, 2.24) is 0 Å². The van der Waals surface area contributed by atoms with E-state index in [1.165, 1.54) is 88.0 Å². The van der Waals surface area contributed by atoms with Gasteiger partial charge in [-0.15, -0.1) is 0 Å². The van der Waals surface area contributed by atoms with Crippen molar-refractivity contribution in [2.75, 3.05) is 4.90 Å². The number of para-hydroxylation sites is 2. The highest BCUT2D eigenvalue weighted by atomic mass is 15.1. The summed E-state index contributed by atoms with van der Waals surface area (Å²) in [6.45, 7) is 0. The fourth-order valence-electron chi connectivity index (χ4n) is 10.6. The number of hydrogen-bond donors (Lipinski definition) is 0. The van der Waals surface area contributed by atoms with Crippen molar-refractivity contribution < 1.29 is 0 Å². The molecule has 0 bridgehead atoms. The zero-order chi connectivity index (χ0) is 41.0. The fraction of sp³-hybridized carbons (Fsp3) is 0.0164. The Kier molecular flexibility index (Phi) is 8.47. The predicted molar refractivity (Wildman–Crippen MR) is 262 cm³/mol. The summed E-state index contributed by atoms with van der Waals surface area (Å²) in [5.41, 5.74) is 15.6. The van der Waals surface area contributed by atoms with Crippen molar-refractivity contribution in [2.45, 2.75) is 5.41 Å². The molecule has 1 aliphatic rings. The van der Waals surface area contributed by atoms with E-state index < -0.39 is 5.41 Å². The Morgan fingerprint density at radius 3 is 1.26 bits per heavy atom. The Morgan fingerprint density at radius 2 is 0.694 bits per heavy atom. The maximum atomic E-state index is 2.51. The minimum atomic E-state index is -0.482. The molecule has 0 unspecified atom stereocenters. The van der Waals surface area contributed by atoms with Gasteiger partial charge in [0.25, 0.3) is 0 Å². The van der Waals surface area contributed by atoms with Gasteiger partial charge in [0.2, 0.25) is 0 Å². The van der Waals surface area contributed by atoms with Gasteiger partial charge in [0.1, 0.15) is 0 Å². The Morgan fingerprint density at radius 1 is 0.274 bits per heavy atom. The van der Waals surface area contributed by atoms with E-state index in [-0.39, 0.29) is 0 Å². The summed E-state index contributed by atoms with van der Waals surface area (Å²) in [6, 6.07) is 91.5. The van der Waals surface area contributed by atoms with Gasteiger partial charge in [-0.1, -0.05) is 212 Å². The Labute approximate surface area is 362 Å². The topological polar surface area (TPSA) is 3.24 Å². The number of nitrogens with zero attached hydrogens (tertiary/aromatic N) is 1. The highest BCUT2D eigenvalue weighted by molar-refractivity contribution is 6.24. The lowest BCUT2D eigenvalue weighted by Gasteiger charge is -2.34. The molecule has 0 fully saturated rings. The van der Waals surface area contributed by atoms with Crippen LogP contribution in [-0.2, 0) is 5.41 Å². The molecule has 0 radical (unpaired) electrons. The van der Waals surface area contributed by atoms with Crippen LogP contribution in [0.1, 0.15) is 22.3 Å². The first-order chi connectivity index (χ1) is 30.8. The highest BCUT2D eigenvalue weighted by Gasteiger charge is 2.46. The third-order valence-electron chi connectivity index (χ3n) is 13.1. The molecule has 11 aromatic rings. The largest absolute Gasteiger partial charge is 0.310 e. The Balaban J connectivity index is 1.12. The van der Waals surface area contributed by atoms with Crippen LogP contribution >= 0.6 is 0 Å². The molecule has 0 amide bonds. The molecule has 1 heteroatoms. The van der Waals surface area contributed by atoms with Crippen molar-refractivity contribution in [3.63, 3.8) is 0 Å². The summed E-state index contributed by atoms with van der Waals surface area (Å²) in [4.78, 5) is 2.38. The molecule has 0 saturated carbocycles. The molecule has 1 nitrogen and oxygen atoms in total. The van der Waals surface area contributed by atoms with Gasteiger partial charge in [0.15, 0.2) is 0 Å². The van der Waals surface area contributed by atoms with Crippen molar-refractivity contribution in [2.24, 2.45) is 0 Å². The number of rotatable bonds is 7. The molecule has 62 heavy (non-hydrogen) atoms. The molecule has 290 valence electrons. The second kappa shape index (κ2) is 14.6. The first kappa shape index (κ1) is 35.9. The van der Waals surface area contributed by atoms with Crippen molar-refractivity contribution in [3.05, 3.63) is 271 Å². The van der Waals surface area contributed by atoms with E-state index in [1.807, 2.05) is 0 Å². The monoisotopic (exact) mass is 787 g/mol. The van der Waals surface area contributed by atoms with Crippen LogP contribution in [0.3, 0.4) is 0 Å². The SMILES string of the molecule is c1ccc(N(c2ccccc2)c2ccc(-c3c4ccccc4c(-c4ccc5c(c4)C(c4ccccc4)(c4ccccc4)c4ccccc4-5)c4ccccc34)c3ccccc23)cc1. The minimum Gasteiger partial charge on any atom is -0.310 e. The molecule has 0 aliphatic heterocycles. The summed E-state index contributed by atoms with van der Waals surface area (Å²) >= 11 is 0. The van der Waals surface area contributed by atoms with Crippen molar-refractivity contribution in [1.29, 1.82) is 0 Å². The van der Waals surface area contributed by atoms with Gasteiger partial charge in [0.05, 0.1) is 11.1 Å². The van der Waals surface area contributed by atoms with Crippen LogP contribution in [0, 0.1) is 0 Å². The summed E-state index contributed by atoms with van der Waals surface area (Å²) < 4.78 is 0. The van der Waals surface area contributed by atoms with Crippen LogP contribution in [0.25, 0.3) is 65.7 Å². The van der Waals surface area contributed by atoms with Crippen LogP contribution < -0.4 is 4.90 Å². The zero-order valence-electron chi connectivity index (χ0n) is 34.1. The average molecular weight is 788 g/mol. The van der Waals surface area contributed by atoms with E-state index in [0.717, 1.165) is 17.1 Å². The van der Waals surface area contributed by atoms with Gasteiger partial charge < -0.3 is 4.90 Å². The Bertz CT molecular complexity index is 3310. The lowest BCUT2D eigenvalue weighted by atomic mass is 9.67. The third-order valence-corrected chi connectivity index (χ3v) is 13.1. The second-order valence-corrected chi connectivity index (χ2v) is 16.3. The molecular weight excluding hydrogens is 747 g/mol. The van der Waals surface area contributed by atoms with Gasteiger partial charge in [-0.3, -0.25) is 0 Å². The maximum absolute atomic E-state index is 2.51. The molecule has 0 atom stereocenters. The van der Waals surface area contributed by atoms with Gasteiger partial charge in [-0.25, -0.2) is 0 Å². The summed E-state index contributed by atoms with van der Waals surface area (Å²) in [5, 5.41) is 7.38. The normalized spacial score (nSPS) is 12.6. The number of hydrogen-bond acceptors (Lipinski definition) is 1. The third kappa shape index (κ3) is 5.42. The standard InChI is InChI=1S/C61H41N/c1-5-21-43(22-6-1)61(44-23-7-2-8-24-44)56-36-20-19-30-48(56)49-38-37-42(41-57(49)61)59-51-32-15-17-34-53(51)60(54-35-18-16-33-52(54)59)55-39-40-58(50-31-14-13-29-47(50)55)62(45-25-9-3-10-26-45)46-27-11-4-12-28-46/h1-41H. The quantitative estimate of drug-likeness (QED) is 0.145. The summed E-state index contributed by atoms with van der Waals surface area (Å²) in [6.07, 6.45) is 0. The van der Waals surface area contributed by atoms with E-state index in [9.17, 15) is 0 Å². The summed E-state index contributed by atoms with van der Waals surface area (Å²) in [5.74, 6) is 0. The number of fused-ring (bicyclic) bond motifs is 6. The van der Waals surface area contributed by atoms with E-state index in [4.69, 9.17) is 0 Å². The molecule has 12 rings (SSSR count). The van der Waals surface area contributed by atoms with Crippen molar-refractivity contribution in [3.8, 4) is 33.4 Å². The number of benzene rings is 11. The van der Waals surface area contributed by atoms with Gasteiger partial charge >= 0.3 is 0 Å². The van der Waals surface area contributed by atoms with Crippen LogP contribution in [0.2, 0.25) is 0 Å². The lowest BCUT2D eigenvalue weighted by Crippen LogP contribution is -2.28. The van der Waals surface area contributed by atoms with E-state index in [1.54, 1.807) is 0 Å². The highest BCUT2D eigenvalue weighted by Crippen LogP contribution is 2.57. The van der Waals surface area contributed by atoms with Crippen LogP contribution in [0.15, 0.2) is 249 Å². The van der Waals surface area contributed by atoms with E-state index in [2.05, 4.69) is 254 Å². The fourth-order valence-corrected chi connectivity index (χ4v) is 10.6. The predicted octanol–water partition coefficient (Wildman–Crippen LogP) is 16.3. The smallest absolute Gasteiger partial charge is 0.0713 e. The van der Waals surface area contributed by atoms with Crippen LogP contribution in [-0.4, -0.2) is 0 Å². The minimum absolute atomic E-state index is 0.482. The van der Waals surface area contributed by atoms with Crippen LogP contribution in [0.5, 0.6) is 0 Å². The first-order valence-corrected chi connectivity index (χ1v) is 21.5. The zero-order valence-corrected chi connectivity index (χ0v) is 34.1. The average Bonchev–Trinajstić information content (AvgIpc) is 3.65. The molecule has 0 spiro atoms. The second-order valence-electron chi connectivity index (χ2n) is 16.3. The van der Waals surface area contributed by atoms with Gasteiger partial charge in [-0.05, 0) is 119 Å². The molecule has 0 heterocycles. The molecule has 11 aromatic carbocycles. The lowest BCUT2D eigenvalue weighted by molar-refractivity contribution is 0.769. The van der Waals surface area contributed by atoms with Crippen LogP contribution in [0.4, 0.5) is 17.1 Å². The first-order valence-electron chi connectivity index (χ1n) is 21.5. The molecule has 0 aromatic heterocycles. The van der Waals surface area contributed by atoms with E-state index >= 15 is 0 Å². The van der Waals surface area contributed by atoms with Gasteiger partial charge in [-0.2, -0.15) is 0 Å². The molecule has 0 saturated heterocycles. The molecule has 1 aliphatic carbocycles.